The van der Waals surface area contributed by atoms with Crippen molar-refractivity contribution in [2.45, 2.75) is 6.92 Å². The molecule has 0 spiro atoms. The van der Waals surface area contributed by atoms with Crippen LogP contribution in [0.15, 0.2) is 0 Å². The summed E-state index contributed by atoms with van der Waals surface area (Å²) >= 11 is 3.88. The van der Waals surface area contributed by atoms with Crippen LogP contribution in [-0.4, -0.2) is 47.8 Å². The maximum absolute atomic E-state index is 10.1. The molecule has 0 fully saturated rings. The average molecular weight is 143 g/mol. The van der Waals surface area contributed by atoms with E-state index in [1.807, 2.05) is 0 Å². The maximum atomic E-state index is 10.1. The standard InChI is InChI=1S/C4H9NOS.Na.H/c1-4(6)5-2-3-7;;/h7H,2-3H2,1H3,(H,5,6);;. The van der Waals surface area contributed by atoms with Crippen molar-refractivity contribution < 1.29 is 4.79 Å². The van der Waals surface area contributed by atoms with Crippen LogP contribution in [0, 0.1) is 0 Å². The predicted molar refractivity (Wildman–Crippen MR) is 39.7 cm³/mol. The van der Waals surface area contributed by atoms with E-state index in [2.05, 4.69) is 17.9 Å². The molecule has 1 N–H and O–H groups in total. The Balaban J connectivity index is 0. The number of carbonyl (C=O) groups excluding carboxylic acids is 1. The number of hydrogen-bond donors (Lipinski definition) is 2. The Morgan fingerprint density at radius 2 is 2.25 bits per heavy atom. The van der Waals surface area contributed by atoms with Gasteiger partial charge in [0, 0.05) is 19.2 Å². The van der Waals surface area contributed by atoms with E-state index in [0.717, 1.165) is 0 Å². The van der Waals surface area contributed by atoms with Gasteiger partial charge in [-0.2, -0.15) is 12.6 Å². The van der Waals surface area contributed by atoms with E-state index >= 15 is 0 Å². The fourth-order valence-electron chi connectivity index (χ4n) is 0.232. The first-order chi connectivity index (χ1) is 3.27. The van der Waals surface area contributed by atoms with Crippen LogP contribution in [-0.2, 0) is 4.79 Å². The topological polar surface area (TPSA) is 29.1 Å². The van der Waals surface area contributed by atoms with E-state index < -0.39 is 0 Å². The van der Waals surface area contributed by atoms with E-state index in [1.54, 1.807) is 0 Å². The third kappa shape index (κ3) is 9.94. The zero-order valence-corrected chi connectivity index (χ0v) is 5.16. The SMILES string of the molecule is CC(=O)NCCS.[NaH]. The molecular weight excluding hydrogens is 133 g/mol. The van der Waals surface area contributed by atoms with Crippen molar-refractivity contribution in [3.63, 3.8) is 0 Å². The molecule has 0 heterocycles. The molecule has 0 unspecified atom stereocenters. The number of hydrogen-bond acceptors (Lipinski definition) is 2. The van der Waals surface area contributed by atoms with Gasteiger partial charge < -0.3 is 5.32 Å². The number of carbonyl (C=O) groups is 1. The normalized spacial score (nSPS) is 7.25. The second-order valence-corrected chi connectivity index (χ2v) is 1.65. The van der Waals surface area contributed by atoms with Crippen LogP contribution < -0.4 is 5.32 Å². The number of rotatable bonds is 2. The van der Waals surface area contributed by atoms with Crippen LogP contribution in [0.1, 0.15) is 6.92 Å². The van der Waals surface area contributed by atoms with Gasteiger partial charge in [0.25, 0.3) is 0 Å². The molecule has 0 aliphatic carbocycles. The van der Waals surface area contributed by atoms with Gasteiger partial charge in [0.2, 0.25) is 5.91 Å². The average Bonchev–Trinajstić information content (AvgIpc) is 1.61. The zero-order valence-electron chi connectivity index (χ0n) is 4.27. The van der Waals surface area contributed by atoms with Gasteiger partial charge in [0.1, 0.15) is 0 Å². The third-order valence-electron chi connectivity index (χ3n) is 0.486. The molecule has 44 valence electrons. The third-order valence-corrected chi connectivity index (χ3v) is 0.709. The molecule has 0 atom stereocenters. The van der Waals surface area contributed by atoms with E-state index in [4.69, 9.17) is 0 Å². The fourth-order valence-corrected chi connectivity index (χ4v) is 0.344. The van der Waals surface area contributed by atoms with Gasteiger partial charge in [-0.3, -0.25) is 4.79 Å². The molecule has 8 heavy (non-hydrogen) atoms. The van der Waals surface area contributed by atoms with Gasteiger partial charge in [-0.25, -0.2) is 0 Å². The minimum atomic E-state index is 0. The Hall–Kier alpha value is 0.820. The van der Waals surface area contributed by atoms with Crippen LogP contribution >= 0.6 is 12.6 Å². The Morgan fingerprint density at radius 3 is 2.38 bits per heavy atom. The first-order valence-corrected chi connectivity index (χ1v) is 2.76. The first-order valence-electron chi connectivity index (χ1n) is 2.12. The molecule has 0 aromatic rings. The summed E-state index contributed by atoms with van der Waals surface area (Å²) in [6.45, 7) is 2.15. The molecule has 0 rings (SSSR count). The van der Waals surface area contributed by atoms with E-state index in [1.165, 1.54) is 6.92 Å². The Bertz CT molecular complexity index is 69.1. The summed E-state index contributed by atoms with van der Waals surface area (Å²) in [4.78, 5) is 10.1. The van der Waals surface area contributed by atoms with Crippen LogP contribution in [0.3, 0.4) is 0 Å². The van der Waals surface area contributed by atoms with Crippen molar-refractivity contribution in [1.29, 1.82) is 0 Å². The van der Waals surface area contributed by atoms with Crippen molar-refractivity contribution in [2.24, 2.45) is 0 Å². The summed E-state index contributed by atoms with van der Waals surface area (Å²) in [7, 11) is 0. The zero-order chi connectivity index (χ0) is 5.70. The summed E-state index contributed by atoms with van der Waals surface area (Å²) in [6.07, 6.45) is 0. The summed E-state index contributed by atoms with van der Waals surface area (Å²) < 4.78 is 0. The molecule has 1 amide bonds. The number of amides is 1. The molecule has 0 aromatic heterocycles. The first kappa shape index (κ1) is 11.6. The van der Waals surface area contributed by atoms with Gasteiger partial charge in [0.15, 0.2) is 0 Å². The molecule has 0 aliphatic rings. The summed E-state index contributed by atoms with van der Waals surface area (Å²) in [6, 6.07) is 0. The van der Waals surface area contributed by atoms with Crippen LogP contribution in [0.4, 0.5) is 0 Å². The molecule has 0 saturated heterocycles. The van der Waals surface area contributed by atoms with Gasteiger partial charge in [-0.15, -0.1) is 0 Å². The van der Waals surface area contributed by atoms with Crippen molar-refractivity contribution in [3.8, 4) is 0 Å². The molecular formula is C4H10NNaOS. The second kappa shape index (κ2) is 7.82. The fraction of sp³-hybridized carbons (Fsp3) is 0.750. The summed E-state index contributed by atoms with van der Waals surface area (Å²) in [5, 5.41) is 2.58. The van der Waals surface area contributed by atoms with Crippen LogP contribution in [0.5, 0.6) is 0 Å². The number of nitrogens with one attached hydrogen (secondary N) is 1. The molecule has 2 nitrogen and oxygen atoms in total. The van der Waals surface area contributed by atoms with Crippen LogP contribution in [0.2, 0.25) is 0 Å². The van der Waals surface area contributed by atoms with Crippen molar-refractivity contribution in [1.82, 2.24) is 5.32 Å². The van der Waals surface area contributed by atoms with Gasteiger partial charge in [-0.1, -0.05) is 0 Å². The van der Waals surface area contributed by atoms with Crippen LogP contribution in [0.25, 0.3) is 0 Å². The molecule has 0 aromatic carbocycles. The molecule has 4 heteroatoms. The van der Waals surface area contributed by atoms with E-state index in [-0.39, 0.29) is 35.5 Å². The molecule has 0 bridgehead atoms. The van der Waals surface area contributed by atoms with Crippen molar-refractivity contribution in [2.75, 3.05) is 12.3 Å². The van der Waals surface area contributed by atoms with E-state index in [9.17, 15) is 4.79 Å². The Kier molecular flexibility index (Phi) is 11.3. The molecule has 0 saturated carbocycles. The van der Waals surface area contributed by atoms with Crippen molar-refractivity contribution >= 4 is 48.1 Å². The predicted octanol–water partition coefficient (Wildman–Crippen LogP) is -0.596. The molecule has 0 aliphatic heterocycles. The minimum absolute atomic E-state index is 0. The van der Waals surface area contributed by atoms with Gasteiger partial charge in [0.05, 0.1) is 0 Å². The second-order valence-electron chi connectivity index (χ2n) is 1.21. The Labute approximate surface area is 77.1 Å². The Morgan fingerprint density at radius 1 is 1.75 bits per heavy atom. The molecule has 0 radical (unpaired) electrons. The monoisotopic (exact) mass is 143 g/mol. The quantitative estimate of drug-likeness (QED) is 0.392. The van der Waals surface area contributed by atoms with Gasteiger partial charge >= 0.3 is 29.6 Å². The van der Waals surface area contributed by atoms with Gasteiger partial charge in [-0.05, 0) is 0 Å². The summed E-state index contributed by atoms with van der Waals surface area (Å²) in [5.74, 6) is 0.716. The van der Waals surface area contributed by atoms with E-state index in [0.29, 0.717) is 12.3 Å². The summed E-state index contributed by atoms with van der Waals surface area (Å²) in [5.41, 5.74) is 0. The van der Waals surface area contributed by atoms with Crippen molar-refractivity contribution in [3.05, 3.63) is 0 Å². The number of thiol groups is 1.